The van der Waals surface area contributed by atoms with Crippen LogP contribution >= 0.6 is 0 Å². The van der Waals surface area contributed by atoms with Gasteiger partial charge in [0, 0.05) is 38.2 Å². The second kappa shape index (κ2) is 11.9. The summed E-state index contributed by atoms with van der Waals surface area (Å²) in [4.78, 5) is 15.4. The van der Waals surface area contributed by atoms with E-state index in [9.17, 15) is 0 Å². The largest absolute Gasteiger partial charge is 0.456 e. The zero-order chi connectivity index (χ0) is 36.7. The predicted molar refractivity (Wildman–Crippen MR) is 229 cm³/mol. The number of furan rings is 2. The van der Waals surface area contributed by atoms with Crippen LogP contribution in [0.4, 0.5) is 0 Å². The molecule has 9 aromatic carbocycles. The summed E-state index contributed by atoms with van der Waals surface area (Å²) in [5.74, 6) is 1.76. The summed E-state index contributed by atoms with van der Waals surface area (Å²) >= 11 is 0. The van der Waals surface area contributed by atoms with Crippen molar-refractivity contribution in [2.45, 2.75) is 0 Å². The molecule has 0 aliphatic heterocycles. The van der Waals surface area contributed by atoms with Crippen molar-refractivity contribution < 1.29 is 8.83 Å². The smallest absolute Gasteiger partial charge is 0.164 e. The number of benzene rings is 9. The standard InChI is InChI=1S/C51H29N3O2/c1-2-12-31(13-3-1)49-52-50(33-23-26-45-42(28-33)38-17-8-9-19-44(38)55-45)54-51(53-49)39-18-10-20-47-48(39)43-27-32(22-25-46(43)56-47)40-29-41-34-14-5-4-11-30(34)21-24-37(41)35-15-6-7-16-36(35)40/h1-29H. The minimum absolute atomic E-state index is 0.576. The molecule has 0 saturated heterocycles. The maximum atomic E-state index is 6.55. The molecule has 0 spiro atoms. The minimum Gasteiger partial charge on any atom is -0.456 e. The van der Waals surface area contributed by atoms with Gasteiger partial charge in [0.1, 0.15) is 22.3 Å². The summed E-state index contributed by atoms with van der Waals surface area (Å²) < 4.78 is 12.7. The van der Waals surface area contributed by atoms with Crippen molar-refractivity contribution in [2.75, 3.05) is 0 Å². The summed E-state index contributed by atoms with van der Waals surface area (Å²) in [6, 6.07) is 61.1. The summed E-state index contributed by atoms with van der Waals surface area (Å²) in [6.07, 6.45) is 0. The van der Waals surface area contributed by atoms with E-state index < -0.39 is 0 Å². The third-order valence-electron chi connectivity index (χ3n) is 11.1. The van der Waals surface area contributed by atoms with Gasteiger partial charge in [0.2, 0.25) is 0 Å². The molecule has 5 heteroatoms. The fourth-order valence-corrected chi connectivity index (χ4v) is 8.49. The first-order chi connectivity index (χ1) is 27.7. The first kappa shape index (κ1) is 30.8. The van der Waals surface area contributed by atoms with E-state index in [1.165, 1.54) is 37.9 Å². The molecule has 0 fully saturated rings. The van der Waals surface area contributed by atoms with Crippen molar-refractivity contribution in [3.63, 3.8) is 0 Å². The Bertz CT molecular complexity index is 3550. The average molecular weight is 716 g/mol. The Morgan fingerprint density at radius 2 is 0.893 bits per heavy atom. The van der Waals surface area contributed by atoms with Crippen LogP contribution in [0.25, 0.3) is 121 Å². The minimum atomic E-state index is 0.576. The molecule has 0 unspecified atom stereocenters. The van der Waals surface area contributed by atoms with Gasteiger partial charge in [0.15, 0.2) is 17.5 Å². The molecule has 3 heterocycles. The van der Waals surface area contributed by atoms with Crippen molar-refractivity contribution in [1.29, 1.82) is 0 Å². The molecule has 12 aromatic rings. The fourth-order valence-electron chi connectivity index (χ4n) is 8.49. The van der Waals surface area contributed by atoms with Crippen LogP contribution in [-0.4, -0.2) is 15.0 Å². The van der Waals surface area contributed by atoms with Crippen LogP contribution < -0.4 is 0 Å². The van der Waals surface area contributed by atoms with E-state index >= 15 is 0 Å². The lowest BCUT2D eigenvalue weighted by Crippen LogP contribution is -2.00. The molecule has 3 aromatic heterocycles. The van der Waals surface area contributed by atoms with Crippen LogP contribution in [0.5, 0.6) is 0 Å². The molecule has 0 bridgehead atoms. The van der Waals surface area contributed by atoms with Crippen LogP contribution in [0.2, 0.25) is 0 Å². The molecule has 260 valence electrons. The predicted octanol–water partition coefficient (Wildman–Crippen LogP) is 13.8. The van der Waals surface area contributed by atoms with E-state index in [0.29, 0.717) is 17.5 Å². The van der Waals surface area contributed by atoms with E-state index in [1.54, 1.807) is 0 Å². The molecular weight excluding hydrogens is 687 g/mol. The first-order valence-electron chi connectivity index (χ1n) is 18.8. The van der Waals surface area contributed by atoms with E-state index in [4.69, 9.17) is 23.8 Å². The summed E-state index contributed by atoms with van der Waals surface area (Å²) in [5, 5.41) is 11.4. The summed E-state index contributed by atoms with van der Waals surface area (Å²) in [7, 11) is 0. The van der Waals surface area contributed by atoms with Crippen LogP contribution in [0.1, 0.15) is 0 Å². The van der Waals surface area contributed by atoms with Gasteiger partial charge in [-0.3, -0.25) is 0 Å². The quantitative estimate of drug-likeness (QED) is 0.170. The Morgan fingerprint density at radius 3 is 1.77 bits per heavy atom. The van der Waals surface area contributed by atoms with Crippen LogP contribution in [0, 0.1) is 0 Å². The topological polar surface area (TPSA) is 65.0 Å². The Morgan fingerprint density at radius 1 is 0.286 bits per heavy atom. The maximum absolute atomic E-state index is 6.55. The second-order valence-electron chi connectivity index (χ2n) is 14.3. The van der Waals surface area contributed by atoms with Crippen LogP contribution in [-0.2, 0) is 0 Å². The Balaban J connectivity index is 1.09. The first-order valence-corrected chi connectivity index (χ1v) is 18.8. The molecule has 0 amide bonds. The molecule has 56 heavy (non-hydrogen) atoms. The molecule has 5 nitrogen and oxygen atoms in total. The van der Waals surface area contributed by atoms with Crippen LogP contribution in [0.3, 0.4) is 0 Å². The third kappa shape index (κ3) is 4.71. The molecule has 0 atom stereocenters. The van der Waals surface area contributed by atoms with Gasteiger partial charge in [-0.25, -0.2) is 15.0 Å². The Kier molecular flexibility index (Phi) is 6.56. The van der Waals surface area contributed by atoms with E-state index in [1.807, 2.05) is 72.8 Å². The second-order valence-corrected chi connectivity index (χ2v) is 14.3. The molecule has 0 N–H and O–H groups in total. The zero-order valence-corrected chi connectivity index (χ0v) is 29.9. The Labute approximate surface area is 320 Å². The van der Waals surface area contributed by atoms with E-state index in [-0.39, 0.29) is 0 Å². The lowest BCUT2D eigenvalue weighted by Gasteiger charge is -2.13. The number of hydrogen-bond donors (Lipinski definition) is 0. The molecule has 0 radical (unpaired) electrons. The zero-order valence-electron chi connectivity index (χ0n) is 29.9. The molecule has 0 aliphatic carbocycles. The van der Waals surface area contributed by atoms with Gasteiger partial charge in [-0.1, -0.05) is 127 Å². The molecule has 12 rings (SSSR count). The van der Waals surface area contributed by atoms with Gasteiger partial charge in [0.25, 0.3) is 0 Å². The highest BCUT2D eigenvalue weighted by molar-refractivity contribution is 6.21. The SMILES string of the molecule is c1ccc(-c2nc(-c3ccc4oc5ccccc5c4c3)nc(-c3cccc4oc5ccc(-c6cc7c8ccccc8ccc7c7ccccc67)cc5c34)n2)cc1. The van der Waals surface area contributed by atoms with Gasteiger partial charge in [-0.05, 0) is 92.0 Å². The average Bonchev–Trinajstić information content (AvgIpc) is 3.84. The van der Waals surface area contributed by atoms with Crippen molar-refractivity contribution in [3.8, 4) is 45.3 Å². The fraction of sp³-hybridized carbons (Fsp3) is 0. The maximum Gasteiger partial charge on any atom is 0.164 e. The Hall–Kier alpha value is -7.63. The van der Waals surface area contributed by atoms with Crippen molar-refractivity contribution in [2.24, 2.45) is 0 Å². The normalized spacial score (nSPS) is 11.9. The summed E-state index contributed by atoms with van der Waals surface area (Å²) in [5.41, 5.74) is 8.22. The number of para-hydroxylation sites is 1. The number of nitrogens with zero attached hydrogens (tertiary/aromatic N) is 3. The highest BCUT2D eigenvalue weighted by Gasteiger charge is 2.20. The van der Waals surface area contributed by atoms with Gasteiger partial charge in [-0.15, -0.1) is 0 Å². The lowest BCUT2D eigenvalue weighted by atomic mass is 9.90. The third-order valence-corrected chi connectivity index (χ3v) is 11.1. The highest BCUT2D eigenvalue weighted by atomic mass is 16.3. The lowest BCUT2D eigenvalue weighted by molar-refractivity contribution is 0.668. The monoisotopic (exact) mass is 715 g/mol. The van der Waals surface area contributed by atoms with Gasteiger partial charge >= 0.3 is 0 Å². The van der Waals surface area contributed by atoms with Crippen LogP contribution in [0.15, 0.2) is 185 Å². The van der Waals surface area contributed by atoms with E-state index in [2.05, 4.69) is 103 Å². The van der Waals surface area contributed by atoms with Gasteiger partial charge < -0.3 is 8.83 Å². The van der Waals surface area contributed by atoms with E-state index in [0.717, 1.165) is 66.1 Å². The number of hydrogen-bond acceptors (Lipinski definition) is 5. The molecule has 0 aliphatic rings. The molecule has 0 saturated carbocycles. The van der Waals surface area contributed by atoms with Gasteiger partial charge in [-0.2, -0.15) is 0 Å². The van der Waals surface area contributed by atoms with Crippen molar-refractivity contribution in [3.05, 3.63) is 176 Å². The number of rotatable bonds is 4. The number of fused-ring (bicyclic) bond motifs is 11. The van der Waals surface area contributed by atoms with Gasteiger partial charge in [0.05, 0.1) is 0 Å². The molecular formula is C51H29N3O2. The van der Waals surface area contributed by atoms with Crippen molar-refractivity contribution in [1.82, 2.24) is 15.0 Å². The van der Waals surface area contributed by atoms with Crippen molar-refractivity contribution >= 4 is 76.2 Å². The summed E-state index contributed by atoms with van der Waals surface area (Å²) in [6.45, 7) is 0. The number of aromatic nitrogens is 3. The highest BCUT2D eigenvalue weighted by Crippen LogP contribution is 2.42.